The fourth-order valence-corrected chi connectivity index (χ4v) is 8.14. The Bertz CT molecular complexity index is 2300. The quantitative estimate of drug-likeness (QED) is 0.0238. The molecule has 0 spiro atoms. The molecular formula is C48H71N13O9. The van der Waals surface area contributed by atoms with Crippen molar-refractivity contribution in [1.29, 1.82) is 0 Å². The number of H-pyrrole nitrogens is 1. The summed E-state index contributed by atoms with van der Waals surface area (Å²) in [6.45, 7) is 6.36. The van der Waals surface area contributed by atoms with E-state index in [4.69, 9.17) is 22.9 Å². The maximum absolute atomic E-state index is 14.7. The van der Waals surface area contributed by atoms with Crippen molar-refractivity contribution in [1.82, 2.24) is 41.8 Å². The van der Waals surface area contributed by atoms with Crippen molar-refractivity contribution in [3.63, 3.8) is 0 Å². The minimum absolute atomic E-state index is 0.00577. The number of aliphatic hydroxyl groups is 1. The highest BCUT2D eigenvalue weighted by Crippen LogP contribution is 2.22. The zero-order valence-corrected chi connectivity index (χ0v) is 40.4. The van der Waals surface area contributed by atoms with E-state index in [-0.39, 0.29) is 57.1 Å². The number of rotatable bonds is 27. The summed E-state index contributed by atoms with van der Waals surface area (Å²) < 4.78 is 0. The Morgan fingerprint density at radius 3 is 2.07 bits per heavy atom. The molecule has 2 heterocycles. The molecule has 22 heteroatoms. The standard InChI is InChI=1S/C48H71N13O9/c1-5-6-17-32(49)42(65)60-40(28(4)62)47(70)61-22-13-20-37(61)46(69)58-35(23-29-14-8-7-9-15-29)44(67)57-36(24-30-25-54-33-18-11-10-16-31(30)33)45(68)56-34(19-12-21-53-48(51)52)43(66)55-26-38(63)59-39(27(2)3)41(50)64/h7-11,14-16,18,25,27-28,32,34-37,39-40,54,62H,5-6,12-13,17,19-24,26,49H2,1-4H3,(H2,50,64)(H,55,66)(H,56,68)(H,57,67)(H,58,69)(H,59,63)(H,60,65)(H4,51,52,53)/t28-,32+,34+,35+,36+,37+,39+,40+/m1/s1. The molecular weight excluding hydrogens is 903 g/mol. The van der Waals surface area contributed by atoms with Gasteiger partial charge in [-0.15, -0.1) is 0 Å². The number of amides is 8. The number of unbranched alkanes of at least 4 members (excludes halogenated alkanes) is 1. The van der Waals surface area contributed by atoms with Crippen LogP contribution in [0.25, 0.3) is 10.9 Å². The van der Waals surface area contributed by atoms with E-state index in [2.05, 4.69) is 41.9 Å². The molecule has 16 N–H and O–H groups in total. The Hall–Kier alpha value is -7.07. The van der Waals surface area contributed by atoms with Crippen LogP contribution in [0.15, 0.2) is 65.8 Å². The zero-order chi connectivity index (χ0) is 51.5. The highest BCUT2D eigenvalue weighted by Gasteiger charge is 2.41. The molecule has 2 aromatic carbocycles. The first-order valence-electron chi connectivity index (χ1n) is 23.8. The number of aromatic amines is 1. The van der Waals surface area contributed by atoms with Gasteiger partial charge in [-0.25, -0.2) is 0 Å². The van der Waals surface area contributed by atoms with Crippen molar-refractivity contribution in [2.75, 3.05) is 19.6 Å². The number of nitrogens with zero attached hydrogens (tertiary/aromatic N) is 2. The molecule has 0 bridgehead atoms. The third-order valence-electron chi connectivity index (χ3n) is 12.0. The van der Waals surface area contributed by atoms with Gasteiger partial charge in [0.2, 0.25) is 47.3 Å². The van der Waals surface area contributed by atoms with E-state index < -0.39 is 102 Å². The number of likely N-dealkylation sites (tertiary alicyclic amines) is 1. The van der Waals surface area contributed by atoms with E-state index in [1.54, 1.807) is 50.4 Å². The van der Waals surface area contributed by atoms with E-state index in [0.717, 1.165) is 17.3 Å². The average Bonchev–Trinajstić information content (AvgIpc) is 3.99. The van der Waals surface area contributed by atoms with Gasteiger partial charge in [-0.1, -0.05) is 82.1 Å². The molecule has 22 nitrogen and oxygen atoms in total. The summed E-state index contributed by atoms with van der Waals surface area (Å²) in [5.41, 5.74) is 24.6. The number of hydrogen-bond donors (Lipinski definition) is 12. The highest BCUT2D eigenvalue weighted by atomic mass is 16.3. The lowest BCUT2D eigenvalue weighted by Gasteiger charge is -2.31. The van der Waals surface area contributed by atoms with Crippen molar-refractivity contribution in [2.24, 2.45) is 33.8 Å². The molecule has 1 saturated heterocycles. The third-order valence-corrected chi connectivity index (χ3v) is 12.0. The number of fused-ring (bicyclic) bond motifs is 1. The summed E-state index contributed by atoms with van der Waals surface area (Å²) in [5, 5.41) is 27.3. The van der Waals surface area contributed by atoms with Gasteiger partial charge >= 0.3 is 0 Å². The molecule has 1 aromatic heterocycles. The Morgan fingerprint density at radius 2 is 1.43 bits per heavy atom. The fraction of sp³-hybridized carbons (Fsp3) is 0.521. The monoisotopic (exact) mass is 974 g/mol. The topological polar surface area (TPSA) is 364 Å². The second-order valence-corrected chi connectivity index (χ2v) is 18.0. The number of aromatic nitrogens is 1. The van der Waals surface area contributed by atoms with Crippen LogP contribution in [0.5, 0.6) is 0 Å². The minimum Gasteiger partial charge on any atom is -0.391 e. The SMILES string of the molecule is CCCC[C@H](N)C(=O)N[C@H](C(=O)N1CCC[C@H]1C(=O)N[C@@H](Cc1ccccc1)C(=O)N[C@@H](Cc1c[nH]c2ccccc12)C(=O)N[C@@H](CCCN=C(N)N)C(=O)NCC(=O)N[C@H](C(N)=O)C(C)C)[C@@H](C)O. The molecule has 0 saturated carbocycles. The van der Waals surface area contributed by atoms with Crippen molar-refractivity contribution in [2.45, 2.75) is 134 Å². The first kappa shape index (κ1) is 55.5. The number of benzene rings is 2. The summed E-state index contributed by atoms with van der Waals surface area (Å²) in [4.78, 5) is 117. The van der Waals surface area contributed by atoms with E-state index in [9.17, 15) is 43.5 Å². The largest absolute Gasteiger partial charge is 0.391 e. The first-order valence-corrected chi connectivity index (χ1v) is 23.8. The predicted molar refractivity (Wildman–Crippen MR) is 263 cm³/mol. The van der Waals surface area contributed by atoms with Crippen LogP contribution in [0.1, 0.15) is 83.8 Å². The molecule has 4 rings (SSSR count). The summed E-state index contributed by atoms with van der Waals surface area (Å²) in [7, 11) is 0. The van der Waals surface area contributed by atoms with Crippen LogP contribution >= 0.6 is 0 Å². The number of carbonyl (C=O) groups excluding carboxylic acids is 8. The lowest BCUT2D eigenvalue weighted by molar-refractivity contribution is -0.144. The summed E-state index contributed by atoms with van der Waals surface area (Å²) >= 11 is 0. The highest BCUT2D eigenvalue weighted by molar-refractivity contribution is 5.98. The first-order chi connectivity index (χ1) is 33.3. The van der Waals surface area contributed by atoms with Gasteiger partial charge in [-0.3, -0.25) is 43.3 Å². The minimum atomic E-state index is -1.39. The fourth-order valence-electron chi connectivity index (χ4n) is 8.14. The van der Waals surface area contributed by atoms with Crippen molar-refractivity contribution < 1.29 is 43.5 Å². The molecule has 3 aromatic rings. The van der Waals surface area contributed by atoms with Crippen LogP contribution in [0.4, 0.5) is 0 Å². The molecule has 8 amide bonds. The van der Waals surface area contributed by atoms with Gasteiger partial charge in [0.05, 0.1) is 18.7 Å². The second kappa shape index (κ2) is 27.2. The van der Waals surface area contributed by atoms with Crippen LogP contribution < -0.4 is 54.8 Å². The molecule has 382 valence electrons. The number of para-hydroxylation sites is 1. The van der Waals surface area contributed by atoms with Gasteiger partial charge in [-0.2, -0.15) is 0 Å². The third kappa shape index (κ3) is 16.6. The lowest BCUT2D eigenvalue weighted by atomic mass is 10.0. The molecule has 0 unspecified atom stereocenters. The van der Waals surface area contributed by atoms with Crippen LogP contribution in [0.3, 0.4) is 0 Å². The number of carbonyl (C=O) groups is 8. The van der Waals surface area contributed by atoms with Crippen LogP contribution in [-0.4, -0.2) is 136 Å². The maximum atomic E-state index is 14.7. The maximum Gasteiger partial charge on any atom is 0.248 e. The second-order valence-electron chi connectivity index (χ2n) is 18.0. The molecule has 8 atom stereocenters. The van der Waals surface area contributed by atoms with Gasteiger partial charge < -0.3 is 69.8 Å². The van der Waals surface area contributed by atoms with E-state index in [0.29, 0.717) is 30.4 Å². The number of hydrogen-bond acceptors (Lipinski definition) is 11. The molecule has 0 aliphatic carbocycles. The zero-order valence-electron chi connectivity index (χ0n) is 40.4. The average molecular weight is 974 g/mol. The number of primary amides is 1. The Balaban J connectivity index is 1.62. The van der Waals surface area contributed by atoms with E-state index >= 15 is 0 Å². The van der Waals surface area contributed by atoms with E-state index in [1.165, 1.54) is 11.8 Å². The lowest BCUT2D eigenvalue weighted by Crippen LogP contribution is -2.61. The number of nitrogens with two attached hydrogens (primary N) is 4. The van der Waals surface area contributed by atoms with Gasteiger partial charge in [-0.05, 0) is 62.1 Å². The number of aliphatic hydroxyl groups excluding tert-OH is 1. The van der Waals surface area contributed by atoms with Crippen LogP contribution in [0.2, 0.25) is 0 Å². The number of nitrogens with one attached hydrogen (secondary N) is 7. The van der Waals surface area contributed by atoms with E-state index in [1.807, 2.05) is 31.2 Å². The van der Waals surface area contributed by atoms with Crippen molar-refractivity contribution >= 4 is 64.1 Å². The Labute approximate surface area is 407 Å². The van der Waals surface area contributed by atoms with Crippen LogP contribution in [-0.2, 0) is 51.2 Å². The van der Waals surface area contributed by atoms with Gasteiger partial charge in [0.15, 0.2) is 5.96 Å². The smallest absolute Gasteiger partial charge is 0.248 e. The summed E-state index contributed by atoms with van der Waals surface area (Å²) in [6, 6.07) is 7.85. The summed E-state index contributed by atoms with van der Waals surface area (Å²) in [6.07, 6.45) is 2.96. The molecule has 1 aliphatic rings. The molecule has 1 aliphatic heterocycles. The number of aliphatic imine (C=N–C) groups is 1. The van der Waals surface area contributed by atoms with Crippen LogP contribution in [0, 0.1) is 5.92 Å². The van der Waals surface area contributed by atoms with Gasteiger partial charge in [0, 0.05) is 43.0 Å². The van der Waals surface area contributed by atoms with Gasteiger partial charge in [0.1, 0.15) is 36.3 Å². The normalized spacial score (nSPS) is 16.4. The van der Waals surface area contributed by atoms with Crippen molar-refractivity contribution in [3.8, 4) is 0 Å². The van der Waals surface area contributed by atoms with Crippen molar-refractivity contribution in [3.05, 3.63) is 71.9 Å². The Morgan fingerprint density at radius 1 is 0.771 bits per heavy atom. The summed E-state index contributed by atoms with van der Waals surface area (Å²) in [5.74, 6) is -6.24. The number of guanidine groups is 1. The molecule has 70 heavy (non-hydrogen) atoms. The Kier molecular flexibility index (Phi) is 21.6. The predicted octanol–water partition coefficient (Wildman–Crippen LogP) is -1.42. The molecule has 0 radical (unpaired) electrons. The molecule has 1 fully saturated rings. The van der Waals surface area contributed by atoms with Gasteiger partial charge in [0.25, 0.3) is 0 Å².